The molecule has 20 heavy (non-hydrogen) atoms. The number of hydrogen-bond acceptors (Lipinski definition) is 3. The Morgan fingerprint density at radius 1 is 1.35 bits per heavy atom. The van der Waals surface area contributed by atoms with Gasteiger partial charge in [0.2, 0.25) is 11.8 Å². The second kappa shape index (κ2) is 8.04. The quantitative estimate of drug-likeness (QED) is 0.841. The number of nitrogens with one attached hydrogen (secondary N) is 1. The van der Waals surface area contributed by atoms with Gasteiger partial charge in [-0.2, -0.15) is 0 Å². The number of likely N-dealkylation sites (N-methyl/N-ethyl adjacent to an activating group) is 1. The lowest BCUT2D eigenvalue weighted by molar-refractivity contribution is -0.133. The van der Waals surface area contributed by atoms with Gasteiger partial charge in [-0.1, -0.05) is 32.8 Å². The summed E-state index contributed by atoms with van der Waals surface area (Å²) in [5, 5.41) is 5.11. The van der Waals surface area contributed by atoms with Crippen LogP contribution in [0.3, 0.4) is 0 Å². The van der Waals surface area contributed by atoms with Crippen molar-refractivity contribution in [3.05, 3.63) is 22.4 Å². The minimum atomic E-state index is -0.104. The van der Waals surface area contributed by atoms with Crippen molar-refractivity contribution < 1.29 is 9.59 Å². The van der Waals surface area contributed by atoms with Crippen LogP contribution in [0.5, 0.6) is 0 Å². The molecule has 2 amide bonds. The number of nitrogens with zero attached hydrogens (tertiary/aromatic N) is 1. The van der Waals surface area contributed by atoms with E-state index >= 15 is 0 Å². The van der Waals surface area contributed by atoms with Crippen molar-refractivity contribution in [2.75, 3.05) is 13.6 Å². The number of amides is 2. The predicted molar refractivity (Wildman–Crippen MR) is 82.6 cm³/mol. The Morgan fingerprint density at radius 2 is 2.00 bits per heavy atom. The van der Waals surface area contributed by atoms with Crippen molar-refractivity contribution in [2.24, 2.45) is 5.92 Å². The van der Waals surface area contributed by atoms with Crippen LogP contribution >= 0.6 is 11.3 Å². The summed E-state index contributed by atoms with van der Waals surface area (Å²) >= 11 is 1.66. The van der Waals surface area contributed by atoms with Gasteiger partial charge in [-0.15, -0.1) is 11.3 Å². The third-order valence-corrected chi connectivity index (χ3v) is 4.56. The monoisotopic (exact) mass is 296 g/mol. The minimum Gasteiger partial charge on any atom is -0.347 e. The van der Waals surface area contributed by atoms with Crippen LogP contribution in [0.15, 0.2) is 17.5 Å². The van der Waals surface area contributed by atoms with Gasteiger partial charge in [-0.25, -0.2) is 0 Å². The maximum atomic E-state index is 12.1. The molecule has 0 saturated carbocycles. The first-order chi connectivity index (χ1) is 9.49. The largest absolute Gasteiger partial charge is 0.347 e. The lowest BCUT2D eigenvalue weighted by Crippen LogP contribution is -2.40. The molecule has 0 aliphatic rings. The van der Waals surface area contributed by atoms with Gasteiger partial charge < -0.3 is 10.2 Å². The number of hydrogen-bond donors (Lipinski definition) is 1. The molecule has 0 fully saturated rings. The standard InChI is InChI=1S/C15H24N2O2S/c1-5-12(6-2)15(13-8-7-9-20-13)16-14(19)10-17(4)11(3)18/h7-9,12,15H,5-6,10H2,1-4H3,(H,16,19)/t15-/m0/s1. The van der Waals surface area contributed by atoms with Crippen LogP contribution in [0.2, 0.25) is 0 Å². The number of thiophene rings is 1. The van der Waals surface area contributed by atoms with E-state index in [9.17, 15) is 9.59 Å². The molecular weight excluding hydrogens is 272 g/mol. The van der Waals surface area contributed by atoms with Gasteiger partial charge in [0.05, 0.1) is 12.6 Å². The molecule has 0 radical (unpaired) electrons. The van der Waals surface area contributed by atoms with Gasteiger partial charge in [0, 0.05) is 18.8 Å². The molecule has 0 aromatic carbocycles. The van der Waals surface area contributed by atoms with Crippen LogP contribution in [0, 0.1) is 5.92 Å². The molecule has 1 atom stereocenters. The molecule has 0 bridgehead atoms. The van der Waals surface area contributed by atoms with Crippen LogP contribution < -0.4 is 5.32 Å². The zero-order chi connectivity index (χ0) is 15.1. The van der Waals surface area contributed by atoms with Crippen LogP contribution in [-0.4, -0.2) is 30.3 Å². The Morgan fingerprint density at radius 3 is 2.45 bits per heavy atom. The van der Waals surface area contributed by atoms with Crippen molar-refractivity contribution in [2.45, 2.75) is 39.7 Å². The van der Waals surface area contributed by atoms with Gasteiger partial charge in [-0.3, -0.25) is 9.59 Å². The van der Waals surface area contributed by atoms with E-state index in [0.717, 1.165) is 12.8 Å². The van der Waals surface area contributed by atoms with E-state index in [1.807, 2.05) is 11.4 Å². The van der Waals surface area contributed by atoms with Gasteiger partial charge in [-0.05, 0) is 17.4 Å². The van der Waals surface area contributed by atoms with Gasteiger partial charge in [0.1, 0.15) is 0 Å². The fourth-order valence-electron chi connectivity index (χ4n) is 2.20. The fraction of sp³-hybridized carbons (Fsp3) is 0.600. The third-order valence-electron chi connectivity index (χ3n) is 3.60. The molecular formula is C15H24N2O2S. The molecule has 5 heteroatoms. The molecule has 0 aliphatic heterocycles. The van der Waals surface area contributed by atoms with Crippen molar-refractivity contribution in [3.63, 3.8) is 0 Å². The van der Waals surface area contributed by atoms with Crippen LogP contribution in [0.4, 0.5) is 0 Å². The Balaban J connectivity index is 2.75. The molecule has 0 spiro atoms. The first-order valence-corrected chi connectivity index (χ1v) is 7.92. The molecule has 1 heterocycles. The van der Waals surface area contributed by atoms with Crippen LogP contribution in [0.1, 0.15) is 44.5 Å². The Labute approximate surface area is 125 Å². The number of carbonyl (C=O) groups is 2. The van der Waals surface area contributed by atoms with E-state index in [1.165, 1.54) is 16.7 Å². The second-order valence-corrected chi connectivity index (χ2v) is 5.99. The summed E-state index contributed by atoms with van der Waals surface area (Å²) in [6.45, 7) is 5.85. The maximum absolute atomic E-state index is 12.1. The van der Waals surface area contributed by atoms with E-state index in [2.05, 4.69) is 25.2 Å². The lowest BCUT2D eigenvalue weighted by atomic mass is 9.93. The zero-order valence-corrected chi connectivity index (χ0v) is 13.5. The van der Waals surface area contributed by atoms with Crippen LogP contribution in [0.25, 0.3) is 0 Å². The predicted octanol–water partition coefficient (Wildman–Crippen LogP) is 2.82. The highest BCUT2D eigenvalue weighted by atomic mass is 32.1. The molecule has 1 aromatic rings. The molecule has 1 rings (SSSR count). The highest BCUT2D eigenvalue weighted by Gasteiger charge is 2.23. The number of carbonyl (C=O) groups excluding carboxylic acids is 2. The van der Waals surface area contributed by atoms with Gasteiger partial charge in [0.15, 0.2) is 0 Å². The SMILES string of the molecule is CCC(CC)[C@H](NC(=O)CN(C)C(C)=O)c1cccs1. The Bertz CT molecular complexity index is 427. The minimum absolute atomic E-state index is 0.0397. The topological polar surface area (TPSA) is 49.4 Å². The lowest BCUT2D eigenvalue weighted by Gasteiger charge is -2.26. The Kier molecular flexibility index (Phi) is 6.71. The molecule has 1 N–H and O–H groups in total. The van der Waals surface area contributed by atoms with E-state index in [0.29, 0.717) is 5.92 Å². The van der Waals surface area contributed by atoms with E-state index in [1.54, 1.807) is 18.4 Å². The van der Waals surface area contributed by atoms with Crippen LogP contribution in [-0.2, 0) is 9.59 Å². The van der Waals surface area contributed by atoms with Gasteiger partial charge >= 0.3 is 0 Å². The molecule has 0 saturated heterocycles. The van der Waals surface area contributed by atoms with E-state index < -0.39 is 0 Å². The zero-order valence-electron chi connectivity index (χ0n) is 12.7. The summed E-state index contributed by atoms with van der Waals surface area (Å²) < 4.78 is 0. The van der Waals surface area contributed by atoms with E-state index in [-0.39, 0.29) is 24.4 Å². The summed E-state index contributed by atoms with van der Waals surface area (Å²) in [5.74, 6) is 0.212. The molecule has 1 aromatic heterocycles. The average Bonchev–Trinajstić information content (AvgIpc) is 2.92. The molecule has 0 aliphatic carbocycles. The molecule has 0 unspecified atom stereocenters. The summed E-state index contributed by atoms with van der Waals surface area (Å²) in [4.78, 5) is 25.9. The van der Waals surface area contributed by atoms with Crippen molar-refractivity contribution in [1.29, 1.82) is 0 Å². The highest BCUT2D eigenvalue weighted by molar-refractivity contribution is 7.10. The summed E-state index contributed by atoms with van der Waals surface area (Å²) in [6.07, 6.45) is 2.03. The highest BCUT2D eigenvalue weighted by Crippen LogP contribution is 2.30. The first kappa shape index (κ1) is 16.7. The number of rotatable bonds is 7. The summed E-state index contributed by atoms with van der Waals surface area (Å²) in [7, 11) is 1.64. The van der Waals surface area contributed by atoms with E-state index in [4.69, 9.17) is 0 Å². The normalized spacial score (nSPS) is 12.2. The second-order valence-electron chi connectivity index (χ2n) is 5.01. The first-order valence-electron chi connectivity index (χ1n) is 7.04. The summed E-state index contributed by atoms with van der Waals surface area (Å²) in [6, 6.07) is 4.10. The average molecular weight is 296 g/mol. The third kappa shape index (κ3) is 4.63. The molecule has 112 valence electrons. The van der Waals surface area contributed by atoms with Crippen molar-refractivity contribution in [1.82, 2.24) is 10.2 Å². The summed E-state index contributed by atoms with van der Waals surface area (Å²) in [5.41, 5.74) is 0. The smallest absolute Gasteiger partial charge is 0.240 e. The van der Waals surface area contributed by atoms with Gasteiger partial charge in [0.25, 0.3) is 0 Å². The maximum Gasteiger partial charge on any atom is 0.240 e. The van der Waals surface area contributed by atoms with Crippen molar-refractivity contribution >= 4 is 23.2 Å². The van der Waals surface area contributed by atoms with Crippen molar-refractivity contribution in [3.8, 4) is 0 Å². The Hall–Kier alpha value is -1.36. The fourth-order valence-corrected chi connectivity index (χ4v) is 3.06. The molecule has 4 nitrogen and oxygen atoms in total.